The van der Waals surface area contributed by atoms with E-state index in [1.165, 1.54) is 7.11 Å². The molecule has 0 radical (unpaired) electrons. The molecule has 2 rings (SSSR count). The normalized spacial score (nSPS) is 11.6. The summed E-state index contributed by atoms with van der Waals surface area (Å²) in [6.07, 6.45) is 0.829. The molecule has 1 atom stereocenters. The van der Waals surface area contributed by atoms with Gasteiger partial charge in [-0.25, -0.2) is 4.79 Å². The van der Waals surface area contributed by atoms with Crippen LogP contribution in [0.25, 0.3) is 0 Å². The highest BCUT2D eigenvalue weighted by molar-refractivity contribution is 5.92. The molecule has 1 amide bonds. The average Bonchev–Trinajstić information content (AvgIpc) is 2.60. The van der Waals surface area contributed by atoms with Crippen molar-refractivity contribution in [1.29, 1.82) is 0 Å². The number of hydrogen-bond acceptors (Lipinski definition) is 6. The summed E-state index contributed by atoms with van der Waals surface area (Å²) in [6, 6.07) is 6.60. The summed E-state index contributed by atoms with van der Waals surface area (Å²) < 4.78 is 9.66. The molecule has 132 valence electrons. The topological polar surface area (TPSA) is 132 Å². The number of rotatable bonds is 6. The van der Waals surface area contributed by atoms with Crippen LogP contribution in [-0.4, -0.2) is 36.2 Å². The number of primary amides is 1. The highest BCUT2D eigenvalue weighted by atomic mass is 16.5. The third-order valence-electron chi connectivity index (χ3n) is 3.78. The fourth-order valence-electron chi connectivity index (χ4n) is 2.55. The van der Waals surface area contributed by atoms with Crippen LogP contribution in [0, 0.1) is 0 Å². The van der Waals surface area contributed by atoms with Crippen LogP contribution < -0.4 is 16.0 Å². The number of carbonyl (C=O) groups excluding carboxylic acids is 2. The maximum Gasteiger partial charge on any atom is 0.343 e. The second-order valence-electron chi connectivity index (χ2n) is 5.28. The minimum absolute atomic E-state index is 0.133. The number of carbonyl (C=O) groups is 2. The Morgan fingerprint density at radius 1 is 1.24 bits per heavy atom. The van der Waals surface area contributed by atoms with E-state index in [9.17, 15) is 19.5 Å². The van der Waals surface area contributed by atoms with Gasteiger partial charge in [-0.1, -0.05) is 12.1 Å². The first-order chi connectivity index (χ1) is 11.9. The molecule has 8 nitrogen and oxygen atoms in total. The number of hydrogen-bond donors (Lipinski definition) is 3. The maximum absolute atomic E-state index is 12.3. The van der Waals surface area contributed by atoms with Crippen LogP contribution in [0.1, 0.15) is 33.8 Å². The zero-order valence-corrected chi connectivity index (χ0v) is 13.7. The molecule has 0 aliphatic carbocycles. The Bertz CT molecular complexity index is 841. The van der Waals surface area contributed by atoms with Crippen LogP contribution in [0.4, 0.5) is 0 Å². The van der Waals surface area contributed by atoms with Gasteiger partial charge in [-0.15, -0.1) is 0 Å². The molecule has 0 saturated carbocycles. The molecule has 0 fully saturated rings. The van der Waals surface area contributed by atoms with Crippen molar-refractivity contribution in [1.82, 2.24) is 4.98 Å². The second-order valence-corrected chi connectivity index (χ2v) is 5.28. The number of nitrogens with one attached hydrogen (secondary N) is 1. The van der Waals surface area contributed by atoms with E-state index in [0.29, 0.717) is 11.3 Å². The summed E-state index contributed by atoms with van der Waals surface area (Å²) in [6.45, 7) is 0. The highest BCUT2D eigenvalue weighted by Crippen LogP contribution is 2.34. The van der Waals surface area contributed by atoms with Crippen molar-refractivity contribution in [3.8, 4) is 11.5 Å². The molecule has 8 heteroatoms. The molecule has 1 aromatic heterocycles. The van der Waals surface area contributed by atoms with Gasteiger partial charge in [0.1, 0.15) is 17.1 Å². The number of benzene rings is 1. The predicted octanol–water partition coefficient (Wildman–Crippen LogP) is 0.883. The van der Waals surface area contributed by atoms with Gasteiger partial charge in [-0.3, -0.25) is 9.59 Å². The zero-order chi connectivity index (χ0) is 18.6. The molecular formula is C17H18N2O6. The van der Waals surface area contributed by atoms with E-state index in [1.807, 2.05) is 0 Å². The van der Waals surface area contributed by atoms with E-state index in [-0.39, 0.29) is 17.5 Å². The van der Waals surface area contributed by atoms with E-state index in [1.54, 1.807) is 24.3 Å². The van der Waals surface area contributed by atoms with Crippen molar-refractivity contribution < 1.29 is 24.2 Å². The molecule has 25 heavy (non-hydrogen) atoms. The zero-order valence-electron chi connectivity index (χ0n) is 13.7. The maximum atomic E-state index is 12.3. The Morgan fingerprint density at radius 2 is 1.88 bits per heavy atom. The Labute approximate surface area is 143 Å². The van der Waals surface area contributed by atoms with E-state index in [2.05, 4.69) is 9.72 Å². The molecule has 0 bridgehead atoms. The number of nitrogens with two attached hydrogens (primary N) is 1. The third-order valence-corrected chi connectivity index (χ3v) is 3.78. The molecule has 1 heterocycles. The number of pyridine rings is 1. The van der Waals surface area contributed by atoms with Crippen LogP contribution in [0.3, 0.4) is 0 Å². The van der Waals surface area contributed by atoms with Crippen molar-refractivity contribution in [3.05, 3.63) is 57.5 Å². The van der Waals surface area contributed by atoms with Crippen molar-refractivity contribution in [3.63, 3.8) is 0 Å². The van der Waals surface area contributed by atoms with Crippen LogP contribution in [0.15, 0.2) is 35.3 Å². The highest BCUT2D eigenvalue weighted by Gasteiger charge is 2.27. The van der Waals surface area contributed by atoms with Gasteiger partial charge >= 0.3 is 5.97 Å². The van der Waals surface area contributed by atoms with Crippen LogP contribution >= 0.6 is 0 Å². The van der Waals surface area contributed by atoms with Gasteiger partial charge in [-0.2, -0.15) is 0 Å². The lowest BCUT2D eigenvalue weighted by Crippen LogP contribution is -2.23. The van der Waals surface area contributed by atoms with Crippen molar-refractivity contribution in [2.24, 2.45) is 5.73 Å². The number of esters is 1. The van der Waals surface area contributed by atoms with Gasteiger partial charge in [0.05, 0.1) is 19.8 Å². The number of aromatic nitrogens is 1. The first kappa shape index (κ1) is 18.1. The summed E-state index contributed by atoms with van der Waals surface area (Å²) in [4.78, 5) is 37.9. The van der Waals surface area contributed by atoms with E-state index >= 15 is 0 Å². The summed E-state index contributed by atoms with van der Waals surface area (Å²) in [5.74, 6) is -2.27. The van der Waals surface area contributed by atoms with E-state index < -0.39 is 29.1 Å². The Balaban J connectivity index is 2.63. The van der Waals surface area contributed by atoms with Gasteiger partial charge in [0.25, 0.3) is 5.56 Å². The Morgan fingerprint density at radius 3 is 2.40 bits per heavy atom. The first-order valence-electron chi connectivity index (χ1n) is 7.34. The fourth-order valence-corrected chi connectivity index (χ4v) is 2.55. The minimum Gasteiger partial charge on any atom is -0.506 e. The molecule has 0 aliphatic heterocycles. The molecule has 4 N–H and O–H groups in total. The summed E-state index contributed by atoms with van der Waals surface area (Å²) in [7, 11) is 2.66. The largest absolute Gasteiger partial charge is 0.506 e. The fraction of sp³-hybridized carbons (Fsp3) is 0.235. The van der Waals surface area contributed by atoms with Gasteiger partial charge < -0.3 is 25.3 Å². The molecular weight excluding hydrogens is 328 g/mol. The number of aromatic amines is 1. The van der Waals surface area contributed by atoms with Crippen LogP contribution in [-0.2, 0) is 9.53 Å². The molecule has 1 aromatic carbocycles. The second kappa shape index (κ2) is 7.52. The lowest BCUT2D eigenvalue weighted by atomic mass is 9.87. The van der Waals surface area contributed by atoms with Crippen molar-refractivity contribution >= 4 is 11.9 Å². The summed E-state index contributed by atoms with van der Waals surface area (Å²) >= 11 is 0. The van der Waals surface area contributed by atoms with Crippen molar-refractivity contribution in [2.75, 3.05) is 14.2 Å². The van der Waals surface area contributed by atoms with Gasteiger partial charge in [0.2, 0.25) is 5.91 Å². The molecule has 2 aromatic rings. The monoisotopic (exact) mass is 346 g/mol. The van der Waals surface area contributed by atoms with Crippen LogP contribution in [0.2, 0.25) is 0 Å². The van der Waals surface area contributed by atoms with Gasteiger partial charge in [-0.05, 0) is 17.7 Å². The number of amides is 1. The van der Waals surface area contributed by atoms with Gasteiger partial charge in [0, 0.05) is 18.5 Å². The minimum atomic E-state index is -0.836. The number of H-pyrrole nitrogens is 1. The van der Waals surface area contributed by atoms with Crippen LogP contribution in [0.5, 0.6) is 11.5 Å². The molecule has 0 saturated heterocycles. The molecule has 0 spiro atoms. The average molecular weight is 346 g/mol. The van der Waals surface area contributed by atoms with Crippen molar-refractivity contribution in [2.45, 2.75) is 12.3 Å². The van der Waals surface area contributed by atoms with Gasteiger partial charge in [0.15, 0.2) is 0 Å². The standard InChI is InChI=1S/C17H18N2O6/c1-24-10-5-3-9(4-6-10)11(7-13(18)20)14-15(21)12(17(23)25-2)8-19-16(14)22/h3-6,8,11H,7H2,1-2H3,(H2,18,20)(H2,19,21,22)/t11-/m1/s1. The lowest BCUT2D eigenvalue weighted by molar-refractivity contribution is -0.118. The summed E-state index contributed by atoms with van der Waals surface area (Å²) in [5, 5.41) is 10.4. The molecule has 0 aliphatic rings. The summed E-state index contributed by atoms with van der Waals surface area (Å²) in [5.41, 5.74) is 4.88. The smallest absolute Gasteiger partial charge is 0.343 e. The number of methoxy groups -OCH3 is 2. The first-order valence-corrected chi connectivity index (χ1v) is 7.34. The third kappa shape index (κ3) is 3.79. The quantitative estimate of drug-likeness (QED) is 0.665. The SMILES string of the molecule is COC(=O)c1c[nH]c(=O)c([C@H](CC(N)=O)c2ccc(OC)cc2)c1O. The number of ether oxygens (including phenoxy) is 2. The molecule has 0 unspecified atom stereocenters. The van der Waals surface area contributed by atoms with E-state index in [0.717, 1.165) is 13.3 Å². The Hall–Kier alpha value is -3.29. The van der Waals surface area contributed by atoms with E-state index in [4.69, 9.17) is 10.5 Å². The lowest BCUT2D eigenvalue weighted by Gasteiger charge is -2.18. The Kier molecular flexibility index (Phi) is 5.43. The number of aromatic hydroxyl groups is 1. The predicted molar refractivity (Wildman–Crippen MR) is 88.7 cm³/mol.